The van der Waals surface area contributed by atoms with E-state index in [1.165, 1.54) is 7.11 Å². The summed E-state index contributed by atoms with van der Waals surface area (Å²) in [5.41, 5.74) is 6.52. The van der Waals surface area contributed by atoms with Crippen LogP contribution in [0.2, 0.25) is 0 Å². The third kappa shape index (κ3) is 4.65. The minimum Gasteiger partial charge on any atom is -0.469 e. The van der Waals surface area contributed by atoms with Gasteiger partial charge in [-0.2, -0.15) is 0 Å². The van der Waals surface area contributed by atoms with Crippen molar-refractivity contribution in [1.82, 2.24) is 5.32 Å². The zero-order valence-electron chi connectivity index (χ0n) is 9.68. The van der Waals surface area contributed by atoms with Crippen molar-refractivity contribution >= 4 is 11.9 Å². The van der Waals surface area contributed by atoms with E-state index in [2.05, 4.69) is 10.1 Å². The number of esters is 1. The van der Waals surface area contributed by atoms with Gasteiger partial charge in [0.1, 0.15) is 0 Å². The lowest BCUT2D eigenvalue weighted by Crippen LogP contribution is -2.41. The molecule has 0 aromatic heterocycles. The number of amides is 1. The van der Waals surface area contributed by atoms with Crippen LogP contribution < -0.4 is 11.1 Å². The summed E-state index contributed by atoms with van der Waals surface area (Å²) in [5, 5.41) is 2.66. The third-order valence-corrected chi connectivity index (χ3v) is 2.26. The number of carbonyl (C=O) groups is 2. The molecule has 1 amide bonds. The normalized spacial score (nSPS) is 11.6. The molecule has 1 aromatic carbocycles. The molecule has 1 atom stereocenters. The lowest BCUT2D eigenvalue weighted by molar-refractivity contribution is -0.142. The van der Waals surface area contributed by atoms with E-state index in [-0.39, 0.29) is 12.3 Å². The van der Waals surface area contributed by atoms with Gasteiger partial charge in [0, 0.05) is 6.54 Å². The molecule has 0 aliphatic carbocycles. The molecule has 3 N–H and O–H groups in total. The van der Waals surface area contributed by atoms with Crippen LogP contribution in [0.1, 0.15) is 12.0 Å². The van der Waals surface area contributed by atoms with Gasteiger partial charge in [-0.25, -0.2) is 0 Å². The number of rotatable bonds is 5. The predicted molar refractivity (Wildman–Crippen MR) is 62.9 cm³/mol. The fourth-order valence-electron chi connectivity index (χ4n) is 1.27. The second-order valence-electron chi connectivity index (χ2n) is 3.59. The summed E-state index contributed by atoms with van der Waals surface area (Å²) in [4.78, 5) is 22.4. The standard InChI is InChI=1S/C12H16N2O3/c1-17-11(15)7-10(13)12(16)14-8-9-5-3-2-4-6-9/h2-6,10H,7-8,13H2,1H3,(H,14,16)/t10-/m0/s1. The summed E-state index contributed by atoms with van der Waals surface area (Å²) in [5.74, 6) is -0.855. The highest BCUT2D eigenvalue weighted by Crippen LogP contribution is 1.98. The molecule has 0 heterocycles. The molecule has 1 aromatic rings. The SMILES string of the molecule is COC(=O)C[C@H](N)C(=O)NCc1ccccc1. The Kier molecular flexibility index (Phi) is 5.16. The number of benzene rings is 1. The zero-order valence-corrected chi connectivity index (χ0v) is 9.68. The fourth-order valence-corrected chi connectivity index (χ4v) is 1.27. The van der Waals surface area contributed by atoms with E-state index in [4.69, 9.17) is 5.73 Å². The topological polar surface area (TPSA) is 81.4 Å². The van der Waals surface area contributed by atoms with Crippen LogP contribution in [0.25, 0.3) is 0 Å². The van der Waals surface area contributed by atoms with Crippen LogP contribution in [-0.4, -0.2) is 25.0 Å². The van der Waals surface area contributed by atoms with Gasteiger partial charge in [0.25, 0.3) is 0 Å². The maximum Gasteiger partial charge on any atom is 0.307 e. The highest BCUT2D eigenvalue weighted by molar-refractivity contribution is 5.86. The minimum absolute atomic E-state index is 0.114. The van der Waals surface area contributed by atoms with Crippen molar-refractivity contribution in [2.24, 2.45) is 5.73 Å². The van der Waals surface area contributed by atoms with E-state index in [0.29, 0.717) is 6.54 Å². The third-order valence-electron chi connectivity index (χ3n) is 2.26. The second kappa shape index (κ2) is 6.65. The molecule has 0 saturated carbocycles. The Morgan fingerprint density at radius 1 is 1.35 bits per heavy atom. The Hall–Kier alpha value is -1.88. The summed E-state index contributed by atoms with van der Waals surface area (Å²) in [6.07, 6.45) is -0.114. The van der Waals surface area contributed by atoms with Crippen molar-refractivity contribution in [1.29, 1.82) is 0 Å². The molecular formula is C12H16N2O3. The van der Waals surface area contributed by atoms with E-state index in [1.807, 2.05) is 30.3 Å². The first-order valence-corrected chi connectivity index (χ1v) is 5.27. The van der Waals surface area contributed by atoms with Gasteiger partial charge in [-0.15, -0.1) is 0 Å². The Labute approximate surface area is 99.9 Å². The quantitative estimate of drug-likeness (QED) is 0.715. The Bertz CT molecular complexity index is 379. The van der Waals surface area contributed by atoms with Crippen LogP contribution in [0.3, 0.4) is 0 Å². The molecule has 5 nitrogen and oxygen atoms in total. The first kappa shape index (κ1) is 13.2. The maximum absolute atomic E-state index is 11.5. The minimum atomic E-state index is -0.869. The van der Waals surface area contributed by atoms with Gasteiger partial charge in [0.2, 0.25) is 5.91 Å². The fraction of sp³-hybridized carbons (Fsp3) is 0.333. The first-order chi connectivity index (χ1) is 8.13. The molecule has 0 spiro atoms. The second-order valence-corrected chi connectivity index (χ2v) is 3.59. The van der Waals surface area contributed by atoms with E-state index >= 15 is 0 Å². The highest BCUT2D eigenvalue weighted by atomic mass is 16.5. The van der Waals surface area contributed by atoms with Crippen molar-refractivity contribution in [3.05, 3.63) is 35.9 Å². The summed E-state index contributed by atoms with van der Waals surface area (Å²) >= 11 is 0. The summed E-state index contributed by atoms with van der Waals surface area (Å²) in [7, 11) is 1.26. The van der Waals surface area contributed by atoms with Crippen molar-refractivity contribution < 1.29 is 14.3 Å². The van der Waals surface area contributed by atoms with Crippen molar-refractivity contribution in [3.63, 3.8) is 0 Å². The summed E-state index contributed by atoms with van der Waals surface area (Å²) in [6.45, 7) is 0.397. The van der Waals surface area contributed by atoms with Crippen LogP contribution >= 0.6 is 0 Å². The van der Waals surface area contributed by atoms with Gasteiger partial charge in [-0.3, -0.25) is 9.59 Å². The number of hydrogen-bond donors (Lipinski definition) is 2. The van der Waals surface area contributed by atoms with Gasteiger partial charge in [0.15, 0.2) is 0 Å². The van der Waals surface area contributed by atoms with E-state index in [9.17, 15) is 9.59 Å². The molecule has 0 unspecified atom stereocenters. The number of methoxy groups -OCH3 is 1. The summed E-state index contributed by atoms with van der Waals surface area (Å²) < 4.78 is 4.43. The molecular weight excluding hydrogens is 220 g/mol. The van der Waals surface area contributed by atoms with Crippen molar-refractivity contribution in [3.8, 4) is 0 Å². The largest absolute Gasteiger partial charge is 0.469 e. The lowest BCUT2D eigenvalue weighted by Gasteiger charge is -2.10. The number of carbonyl (C=O) groups excluding carboxylic acids is 2. The van der Waals surface area contributed by atoms with Crippen LogP contribution in [0.15, 0.2) is 30.3 Å². The molecule has 5 heteroatoms. The Balaban J connectivity index is 2.37. The molecule has 0 aliphatic heterocycles. The first-order valence-electron chi connectivity index (χ1n) is 5.27. The number of nitrogens with one attached hydrogen (secondary N) is 1. The number of hydrogen-bond acceptors (Lipinski definition) is 4. The van der Waals surface area contributed by atoms with Crippen LogP contribution in [0.4, 0.5) is 0 Å². The smallest absolute Gasteiger partial charge is 0.307 e. The maximum atomic E-state index is 11.5. The van der Waals surface area contributed by atoms with Crippen LogP contribution in [0.5, 0.6) is 0 Å². The molecule has 92 valence electrons. The van der Waals surface area contributed by atoms with E-state index in [0.717, 1.165) is 5.56 Å². The monoisotopic (exact) mass is 236 g/mol. The molecule has 0 aliphatic rings. The van der Waals surface area contributed by atoms with Gasteiger partial charge in [-0.05, 0) is 5.56 Å². The zero-order chi connectivity index (χ0) is 12.7. The van der Waals surface area contributed by atoms with Gasteiger partial charge >= 0.3 is 5.97 Å². The van der Waals surface area contributed by atoms with Gasteiger partial charge in [-0.1, -0.05) is 30.3 Å². The lowest BCUT2D eigenvalue weighted by atomic mass is 10.2. The predicted octanol–water partition coefficient (Wildman–Crippen LogP) is 0.193. The van der Waals surface area contributed by atoms with Crippen molar-refractivity contribution in [2.75, 3.05) is 7.11 Å². The highest BCUT2D eigenvalue weighted by Gasteiger charge is 2.17. The number of ether oxygens (including phenoxy) is 1. The molecule has 0 saturated heterocycles. The number of nitrogens with two attached hydrogens (primary N) is 1. The van der Waals surface area contributed by atoms with Crippen LogP contribution in [-0.2, 0) is 20.9 Å². The van der Waals surface area contributed by atoms with E-state index < -0.39 is 12.0 Å². The molecule has 1 rings (SSSR count). The van der Waals surface area contributed by atoms with E-state index in [1.54, 1.807) is 0 Å². The van der Waals surface area contributed by atoms with Gasteiger partial charge < -0.3 is 15.8 Å². The molecule has 0 radical (unpaired) electrons. The summed E-state index contributed by atoms with van der Waals surface area (Å²) in [6, 6.07) is 8.59. The average Bonchev–Trinajstić information content (AvgIpc) is 2.36. The molecule has 0 bridgehead atoms. The Morgan fingerprint density at radius 3 is 2.59 bits per heavy atom. The molecule has 0 fully saturated rings. The Morgan fingerprint density at radius 2 is 2.00 bits per heavy atom. The van der Waals surface area contributed by atoms with Crippen LogP contribution in [0, 0.1) is 0 Å². The average molecular weight is 236 g/mol. The van der Waals surface area contributed by atoms with Gasteiger partial charge in [0.05, 0.1) is 19.6 Å². The molecule has 17 heavy (non-hydrogen) atoms. The van der Waals surface area contributed by atoms with Crippen molar-refractivity contribution in [2.45, 2.75) is 19.0 Å².